The summed E-state index contributed by atoms with van der Waals surface area (Å²) in [5.41, 5.74) is 3.73. The predicted octanol–water partition coefficient (Wildman–Crippen LogP) is 7.89. The highest BCUT2D eigenvalue weighted by molar-refractivity contribution is 5.87. The Morgan fingerprint density at radius 3 is 2.03 bits per heavy atom. The second-order valence-electron chi connectivity index (χ2n) is 7.59. The van der Waals surface area contributed by atoms with Gasteiger partial charge in [-0.15, -0.1) is 0 Å². The normalized spacial score (nSPS) is 16.3. The molecule has 0 amide bonds. The first-order chi connectivity index (χ1) is 15.3. The number of benzene rings is 2. The number of phenols is 1. The third-order valence-electron chi connectivity index (χ3n) is 5.73. The van der Waals surface area contributed by atoms with Crippen LogP contribution in [0.4, 0.5) is 0 Å². The third kappa shape index (κ3) is 7.27. The van der Waals surface area contributed by atoms with Gasteiger partial charge in [0.05, 0.1) is 5.71 Å². The van der Waals surface area contributed by atoms with Crippen LogP contribution in [0.2, 0.25) is 0 Å². The van der Waals surface area contributed by atoms with Crippen LogP contribution < -0.4 is 4.74 Å². The lowest BCUT2D eigenvalue weighted by Crippen LogP contribution is -2.13. The summed E-state index contributed by atoms with van der Waals surface area (Å²) in [6.45, 7) is 8.56. The molecule has 0 spiro atoms. The minimum Gasteiger partial charge on any atom is -0.508 e. The molecule has 4 rings (SSSR count). The van der Waals surface area contributed by atoms with Gasteiger partial charge in [-0.25, -0.2) is 0 Å². The quantitative estimate of drug-likeness (QED) is 0.515. The molecule has 1 fully saturated rings. The van der Waals surface area contributed by atoms with Gasteiger partial charge in [0.1, 0.15) is 18.1 Å². The molecule has 1 atom stereocenters. The molecule has 1 N–H and O–H groups in total. The van der Waals surface area contributed by atoms with Crippen LogP contribution in [0, 0.1) is 5.92 Å². The molecule has 1 aliphatic heterocycles. The maximum atomic E-state index is 9.65. The smallest absolute Gasteiger partial charge is 0.126 e. The van der Waals surface area contributed by atoms with Crippen molar-refractivity contribution in [3.63, 3.8) is 0 Å². The molecule has 0 bridgehead atoms. The van der Waals surface area contributed by atoms with Crippen molar-refractivity contribution >= 4 is 5.71 Å². The second kappa shape index (κ2) is 13.7. The van der Waals surface area contributed by atoms with Gasteiger partial charge < -0.3 is 9.84 Å². The van der Waals surface area contributed by atoms with Crippen molar-refractivity contribution in [2.45, 2.75) is 72.1 Å². The van der Waals surface area contributed by atoms with E-state index in [1.807, 2.05) is 33.9 Å². The van der Waals surface area contributed by atoms with E-state index < -0.39 is 0 Å². The second-order valence-corrected chi connectivity index (χ2v) is 7.59. The Labute approximate surface area is 188 Å². The molecule has 2 aliphatic rings. The summed E-state index contributed by atoms with van der Waals surface area (Å²) < 4.78 is 5.93. The van der Waals surface area contributed by atoms with Gasteiger partial charge >= 0.3 is 0 Å². The minimum atomic E-state index is 0.327. The number of allylic oxidation sites excluding steroid dienone is 1. The van der Waals surface area contributed by atoms with Crippen LogP contribution in [0.1, 0.15) is 83.3 Å². The van der Waals surface area contributed by atoms with Crippen LogP contribution in [0.3, 0.4) is 0 Å². The molecule has 3 nitrogen and oxygen atoms in total. The topological polar surface area (TPSA) is 41.8 Å². The maximum absolute atomic E-state index is 9.65. The van der Waals surface area contributed by atoms with Crippen molar-refractivity contribution in [3.05, 3.63) is 71.9 Å². The van der Waals surface area contributed by atoms with Crippen LogP contribution in [-0.4, -0.2) is 17.4 Å². The zero-order valence-corrected chi connectivity index (χ0v) is 19.7. The molecular weight excluding hydrogens is 382 g/mol. The standard InChI is InChI=1S/C24H27NO2.2C2H6/c26-22-12-8-19(9-13-22)24(18-5-1-2-6-18)20-10-14-23(15-11-20)27-17-21-7-3-4-16-25-21;2*1-2/h4,8-16,18,24,26H,1-3,5-7,17H2;2*1-2H3. The van der Waals surface area contributed by atoms with Crippen molar-refractivity contribution in [2.24, 2.45) is 10.9 Å². The zero-order valence-electron chi connectivity index (χ0n) is 19.7. The summed E-state index contributed by atoms with van der Waals surface area (Å²) in [7, 11) is 0. The number of ether oxygens (including phenoxy) is 1. The Hall–Kier alpha value is -2.55. The average molecular weight is 422 g/mol. The summed E-state index contributed by atoms with van der Waals surface area (Å²) in [6, 6.07) is 16.3. The van der Waals surface area contributed by atoms with Gasteiger partial charge in [0.15, 0.2) is 0 Å². The fourth-order valence-electron chi connectivity index (χ4n) is 4.30. The lowest BCUT2D eigenvalue weighted by Gasteiger charge is -2.25. The Bertz CT molecular complexity index is 800. The fraction of sp³-hybridized carbons (Fsp3) is 0.464. The molecule has 1 saturated carbocycles. The first kappa shape index (κ1) is 24.7. The van der Waals surface area contributed by atoms with Crippen molar-refractivity contribution in [1.29, 1.82) is 0 Å². The lowest BCUT2D eigenvalue weighted by molar-refractivity contribution is 0.373. The van der Waals surface area contributed by atoms with E-state index in [2.05, 4.69) is 47.5 Å². The van der Waals surface area contributed by atoms with Gasteiger partial charge in [0.2, 0.25) is 0 Å². The highest BCUT2D eigenvalue weighted by atomic mass is 16.5. The Morgan fingerprint density at radius 2 is 1.48 bits per heavy atom. The van der Waals surface area contributed by atoms with Crippen molar-refractivity contribution in [1.82, 2.24) is 0 Å². The van der Waals surface area contributed by atoms with E-state index in [1.165, 1.54) is 36.8 Å². The molecule has 0 aromatic heterocycles. The summed E-state index contributed by atoms with van der Waals surface area (Å²) >= 11 is 0. The molecule has 31 heavy (non-hydrogen) atoms. The Balaban J connectivity index is 0.000000807. The van der Waals surface area contributed by atoms with Gasteiger partial charge in [-0.2, -0.15) is 0 Å². The van der Waals surface area contributed by atoms with Crippen LogP contribution in [0.5, 0.6) is 11.5 Å². The number of nitrogens with zero attached hydrogens (tertiary/aromatic N) is 1. The van der Waals surface area contributed by atoms with Crippen LogP contribution in [-0.2, 0) is 0 Å². The molecule has 0 saturated heterocycles. The van der Waals surface area contributed by atoms with E-state index in [0.29, 0.717) is 24.2 Å². The molecule has 1 aliphatic carbocycles. The molecular formula is C28H39NO2. The van der Waals surface area contributed by atoms with E-state index in [9.17, 15) is 5.11 Å². The molecule has 168 valence electrons. The van der Waals surface area contributed by atoms with E-state index in [0.717, 1.165) is 24.3 Å². The zero-order chi connectivity index (χ0) is 22.5. The number of hydrogen-bond acceptors (Lipinski definition) is 3. The SMILES string of the molecule is CC.CC.Oc1ccc(C(c2ccc(OCC3=NC=CCC3)cc2)C2CCCC2)cc1. The first-order valence-corrected chi connectivity index (χ1v) is 12.0. The lowest BCUT2D eigenvalue weighted by atomic mass is 9.80. The fourth-order valence-corrected chi connectivity index (χ4v) is 4.30. The minimum absolute atomic E-state index is 0.327. The van der Waals surface area contributed by atoms with E-state index in [1.54, 1.807) is 12.1 Å². The van der Waals surface area contributed by atoms with Gasteiger partial charge in [-0.3, -0.25) is 4.99 Å². The predicted molar refractivity (Wildman–Crippen MR) is 132 cm³/mol. The summed E-state index contributed by atoms with van der Waals surface area (Å²) in [6.07, 6.45) is 11.2. The van der Waals surface area contributed by atoms with Crippen molar-refractivity contribution < 1.29 is 9.84 Å². The maximum Gasteiger partial charge on any atom is 0.126 e. The number of hydrogen-bond donors (Lipinski definition) is 1. The Morgan fingerprint density at radius 1 is 0.903 bits per heavy atom. The van der Waals surface area contributed by atoms with Crippen molar-refractivity contribution in [3.8, 4) is 11.5 Å². The van der Waals surface area contributed by atoms with Gasteiger partial charge in [0, 0.05) is 12.1 Å². The molecule has 0 radical (unpaired) electrons. The first-order valence-electron chi connectivity index (χ1n) is 12.0. The monoisotopic (exact) mass is 421 g/mol. The largest absolute Gasteiger partial charge is 0.508 e. The van der Waals surface area contributed by atoms with E-state index in [-0.39, 0.29) is 0 Å². The number of phenolic OH excluding ortho intramolecular Hbond substituents is 1. The van der Waals surface area contributed by atoms with Crippen molar-refractivity contribution in [2.75, 3.05) is 6.61 Å². The average Bonchev–Trinajstić information content (AvgIpc) is 3.38. The highest BCUT2D eigenvalue weighted by Crippen LogP contribution is 2.42. The van der Waals surface area contributed by atoms with E-state index in [4.69, 9.17) is 4.74 Å². The molecule has 1 heterocycles. The highest BCUT2D eigenvalue weighted by Gasteiger charge is 2.27. The molecule has 1 unspecified atom stereocenters. The molecule has 2 aromatic carbocycles. The third-order valence-corrected chi connectivity index (χ3v) is 5.73. The van der Waals surface area contributed by atoms with Crippen LogP contribution in [0.15, 0.2) is 65.8 Å². The Kier molecular flexibility index (Phi) is 10.9. The van der Waals surface area contributed by atoms with Crippen LogP contribution in [0.25, 0.3) is 0 Å². The van der Waals surface area contributed by atoms with E-state index >= 15 is 0 Å². The molecule has 3 heteroatoms. The van der Waals surface area contributed by atoms with Gasteiger partial charge in [-0.1, -0.05) is 70.9 Å². The van der Waals surface area contributed by atoms with Crippen LogP contribution >= 0.6 is 0 Å². The summed E-state index contributed by atoms with van der Waals surface area (Å²) in [5.74, 6) is 2.28. The summed E-state index contributed by atoms with van der Waals surface area (Å²) in [4.78, 5) is 4.38. The number of aromatic hydroxyl groups is 1. The summed E-state index contributed by atoms with van der Waals surface area (Å²) in [5, 5.41) is 9.65. The number of rotatable bonds is 6. The molecule has 2 aromatic rings. The van der Waals surface area contributed by atoms with Gasteiger partial charge in [-0.05, 0) is 67.0 Å². The number of aliphatic imine (C=N–C) groups is 1. The van der Waals surface area contributed by atoms with Gasteiger partial charge in [0.25, 0.3) is 0 Å².